The van der Waals surface area contributed by atoms with Crippen molar-refractivity contribution in [3.63, 3.8) is 0 Å². The SMILES string of the molecule is CCN(Cc1ccccc1)C1=C(c2ccc(C)cc2)C(=O)N(c2cccc(OC)c2)C1=O. The maximum Gasteiger partial charge on any atom is 0.282 e. The lowest BCUT2D eigenvalue weighted by Crippen LogP contribution is -2.35. The highest BCUT2D eigenvalue weighted by atomic mass is 16.5. The van der Waals surface area contributed by atoms with Crippen molar-refractivity contribution in [2.75, 3.05) is 18.6 Å². The fraction of sp³-hybridized carbons (Fsp3) is 0.185. The zero-order chi connectivity index (χ0) is 22.7. The van der Waals surface area contributed by atoms with Gasteiger partial charge in [0.25, 0.3) is 11.8 Å². The van der Waals surface area contributed by atoms with Gasteiger partial charge in [-0.25, -0.2) is 4.90 Å². The molecular weight excluding hydrogens is 400 g/mol. The van der Waals surface area contributed by atoms with E-state index in [2.05, 4.69) is 0 Å². The number of hydrogen-bond donors (Lipinski definition) is 0. The average Bonchev–Trinajstić information content (AvgIpc) is 3.08. The fourth-order valence-electron chi connectivity index (χ4n) is 3.93. The van der Waals surface area contributed by atoms with Gasteiger partial charge in [0.2, 0.25) is 0 Å². The molecule has 0 fully saturated rings. The van der Waals surface area contributed by atoms with Crippen molar-refractivity contribution >= 4 is 23.1 Å². The van der Waals surface area contributed by atoms with Gasteiger partial charge in [0.05, 0.1) is 18.4 Å². The van der Waals surface area contributed by atoms with E-state index in [9.17, 15) is 9.59 Å². The molecule has 5 heteroatoms. The van der Waals surface area contributed by atoms with Gasteiger partial charge in [0.1, 0.15) is 11.4 Å². The van der Waals surface area contributed by atoms with Gasteiger partial charge in [0, 0.05) is 19.2 Å². The number of carbonyl (C=O) groups is 2. The zero-order valence-electron chi connectivity index (χ0n) is 18.5. The Morgan fingerprint density at radius 2 is 1.59 bits per heavy atom. The zero-order valence-corrected chi connectivity index (χ0v) is 18.5. The van der Waals surface area contributed by atoms with E-state index in [1.165, 1.54) is 4.90 Å². The maximum atomic E-state index is 13.7. The molecule has 0 saturated heterocycles. The Balaban J connectivity index is 1.83. The fourth-order valence-corrected chi connectivity index (χ4v) is 3.93. The number of hydrogen-bond acceptors (Lipinski definition) is 4. The molecule has 0 bridgehead atoms. The number of amides is 2. The topological polar surface area (TPSA) is 49.9 Å². The molecule has 0 radical (unpaired) electrons. The third-order valence-corrected chi connectivity index (χ3v) is 5.63. The molecule has 1 heterocycles. The minimum Gasteiger partial charge on any atom is -0.497 e. The predicted octanol–water partition coefficient (Wildman–Crippen LogP) is 4.81. The number of carbonyl (C=O) groups excluding carboxylic acids is 2. The highest BCUT2D eigenvalue weighted by molar-refractivity contribution is 6.45. The first-order chi connectivity index (χ1) is 15.5. The van der Waals surface area contributed by atoms with Gasteiger partial charge in [-0.2, -0.15) is 0 Å². The van der Waals surface area contributed by atoms with E-state index in [1.807, 2.05) is 73.3 Å². The van der Waals surface area contributed by atoms with Crippen LogP contribution < -0.4 is 9.64 Å². The summed E-state index contributed by atoms with van der Waals surface area (Å²) in [6, 6.07) is 24.7. The van der Waals surface area contributed by atoms with Gasteiger partial charge in [-0.15, -0.1) is 0 Å². The van der Waals surface area contributed by atoms with Crippen LogP contribution in [-0.2, 0) is 16.1 Å². The van der Waals surface area contributed by atoms with Crippen LogP contribution in [-0.4, -0.2) is 30.4 Å². The molecule has 162 valence electrons. The molecule has 0 atom stereocenters. The van der Waals surface area contributed by atoms with Crippen LogP contribution >= 0.6 is 0 Å². The van der Waals surface area contributed by atoms with Crippen molar-refractivity contribution < 1.29 is 14.3 Å². The highest BCUT2D eigenvalue weighted by Crippen LogP contribution is 2.36. The smallest absolute Gasteiger partial charge is 0.282 e. The van der Waals surface area contributed by atoms with E-state index in [-0.39, 0.29) is 11.8 Å². The number of rotatable bonds is 7. The number of ether oxygens (including phenoxy) is 1. The lowest BCUT2D eigenvalue weighted by molar-refractivity contribution is -0.120. The second-order valence-electron chi connectivity index (χ2n) is 7.74. The standard InChI is InChI=1S/C27H26N2O3/c1-4-28(18-20-9-6-5-7-10-20)25-24(21-15-13-19(2)14-16-21)26(30)29(27(25)31)22-11-8-12-23(17-22)32-3/h5-17H,4,18H2,1-3H3. The maximum absolute atomic E-state index is 13.7. The summed E-state index contributed by atoms with van der Waals surface area (Å²) in [6.07, 6.45) is 0. The second kappa shape index (κ2) is 9.10. The van der Waals surface area contributed by atoms with Crippen LogP contribution in [0.2, 0.25) is 0 Å². The van der Waals surface area contributed by atoms with Crippen molar-refractivity contribution in [3.8, 4) is 5.75 Å². The quantitative estimate of drug-likeness (QED) is 0.509. The van der Waals surface area contributed by atoms with Gasteiger partial charge in [-0.05, 0) is 37.1 Å². The molecule has 1 aliphatic rings. The lowest BCUT2D eigenvalue weighted by atomic mass is 10.0. The lowest BCUT2D eigenvalue weighted by Gasteiger charge is -2.25. The molecule has 2 amide bonds. The monoisotopic (exact) mass is 426 g/mol. The van der Waals surface area contributed by atoms with E-state index >= 15 is 0 Å². The normalized spacial score (nSPS) is 13.7. The van der Waals surface area contributed by atoms with Crippen molar-refractivity contribution in [3.05, 3.63) is 101 Å². The first-order valence-electron chi connectivity index (χ1n) is 10.7. The van der Waals surface area contributed by atoms with E-state index in [0.29, 0.717) is 35.8 Å². The summed E-state index contributed by atoms with van der Waals surface area (Å²) in [6.45, 7) is 5.11. The molecule has 4 rings (SSSR count). The Labute approximate surface area is 188 Å². The minimum absolute atomic E-state index is 0.323. The minimum atomic E-state index is -0.325. The number of nitrogens with zero attached hydrogens (tertiary/aromatic N) is 2. The number of benzene rings is 3. The van der Waals surface area contributed by atoms with Gasteiger partial charge in [-0.3, -0.25) is 9.59 Å². The van der Waals surface area contributed by atoms with Crippen LogP contribution in [0.25, 0.3) is 5.57 Å². The van der Waals surface area contributed by atoms with Crippen molar-refractivity contribution in [2.24, 2.45) is 0 Å². The van der Waals surface area contributed by atoms with Crippen LogP contribution in [0.1, 0.15) is 23.6 Å². The molecular formula is C27H26N2O3. The number of aryl methyl sites for hydroxylation is 1. The molecule has 0 saturated carbocycles. The van der Waals surface area contributed by atoms with Crippen molar-refractivity contribution in [1.29, 1.82) is 0 Å². The van der Waals surface area contributed by atoms with E-state index in [4.69, 9.17) is 4.74 Å². The third-order valence-electron chi connectivity index (χ3n) is 5.63. The van der Waals surface area contributed by atoms with Crippen LogP contribution in [0, 0.1) is 6.92 Å². The molecule has 0 aromatic heterocycles. The molecule has 1 aliphatic heterocycles. The summed E-state index contributed by atoms with van der Waals surface area (Å²) in [4.78, 5) is 30.6. The Kier molecular flexibility index (Phi) is 6.08. The van der Waals surface area contributed by atoms with Crippen LogP contribution in [0.3, 0.4) is 0 Å². The number of anilines is 1. The summed E-state index contributed by atoms with van der Waals surface area (Å²) in [5.41, 5.74) is 4.25. The molecule has 0 unspecified atom stereocenters. The van der Waals surface area contributed by atoms with Crippen LogP contribution in [0.4, 0.5) is 5.69 Å². The van der Waals surface area contributed by atoms with Crippen molar-refractivity contribution in [2.45, 2.75) is 20.4 Å². The largest absolute Gasteiger partial charge is 0.497 e. The van der Waals surface area contributed by atoms with Gasteiger partial charge < -0.3 is 9.64 Å². The highest BCUT2D eigenvalue weighted by Gasteiger charge is 2.42. The summed E-state index contributed by atoms with van der Waals surface area (Å²) >= 11 is 0. The van der Waals surface area contributed by atoms with Crippen molar-refractivity contribution in [1.82, 2.24) is 4.90 Å². The first-order valence-corrected chi connectivity index (χ1v) is 10.7. The number of likely N-dealkylation sites (N-methyl/N-ethyl adjacent to an activating group) is 1. The third kappa shape index (κ3) is 4.02. The molecule has 0 N–H and O–H groups in total. The summed E-state index contributed by atoms with van der Waals surface area (Å²) in [5.74, 6) is -0.0599. The summed E-state index contributed by atoms with van der Waals surface area (Å²) in [5, 5.41) is 0. The summed E-state index contributed by atoms with van der Waals surface area (Å²) in [7, 11) is 1.56. The number of methoxy groups -OCH3 is 1. The Hall–Kier alpha value is -3.86. The Morgan fingerprint density at radius 1 is 0.875 bits per heavy atom. The molecule has 3 aromatic carbocycles. The Bertz CT molecular complexity index is 1170. The molecule has 0 spiro atoms. The van der Waals surface area contributed by atoms with Gasteiger partial charge in [-0.1, -0.05) is 66.2 Å². The molecule has 32 heavy (non-hydrogen) atoms. The average molecular weight is 427 g/mol. The van der Waals surface area contributed by atoms with Gasteiger partial charge >= 0.3 is 0 Å². The predicted molar refractivity (Wildman–Crippen MR) is 126 cm³/mol. The molecule has 5 nitrogen and oxygen atoms in total. The molecule has 0 aliphatic carbocycles. The van der Waals surface area contributed by atoms with Crippen LogP contribution in [0.15, 0.2) is 84.6 Å². The van der Waals surface area contributed by atoms with Gasteiger partial charge in [0.15, 0.2) is 0 Å². The summed E-state index contributed by atoms with van der Waals surface area (Å²) < 4.78 is 5.31. The first kappa shape index (κ1) is 21.4. The molecule has 3 aromatic rings. The van der Waals surface area contributed by atoms with E-state index < -0.39 is 0 Å². The number of imide groups is 1. The van der Waals surface area contributed by atoms with E-state index in [0.717, 1.165) is 16.7 Å². The van der Waals surface area contributed by atoms with E-state index in [1.54, 1.807) is 31.4 Å². The Morgan fingerprint density at radius 3 is 2.25 bits per heavy atom. The van der Waals surface area contributed by atoms with Crippen LogP contribution in [0.5, 0.6) is 5.75 Å². The second-order valence-corrected chi connectivity index (χ2v) is 7.74.